The van der Waals surface area contributed by atoms with Crippen molar-refractivity contribution in [3.05, 3.63) is 16.9 Å². The van der Waals surface area contributed by atoms with Gasteiger partial charge in [0.15, 0.2) is 5.78 Å². The SMILES string of the molecule is CN(C)CCn1ncc(Cl)c1C(=O)CC1CNCCO1. The van der Waals surface area contributed by atoms with Gasteiger partial charge in [0.05, 0.1) is 30.5 Å². The van der Waals surface area contributed by atoms with Gasteiger partial charge in [-0.25, -0.2) is 0 Å². The standard InChI is InChI=1S/C13H21ClN4O2/c1-17(2)4-5-18-13(11(14)9-16-18)12(19)7-10-8-15-3-6-20-10/h9-10,15H,3-8H2,1-2H3. The first-order chi connectivity index (χ1) is 9.58. The van der Waals surface area contributed by atoms with Crippen LogP contribution in [0.5, 0.6) is 0 Å². The molecule has 0 spiro atoms. The third-order valence-electron chi connectivity index (χ3n) is 3.24. The zero-order chi connectivity index (χ0) is 14.5. The first-order valence-corrected chi connectivity index (χ1v) is 7.17. The number of aromatic nitrogens is 2. The molecule has 1 atom stereocenters. The van der Waals surface area contributed by atoms with Crippen LogP contribution in [-0.4, -0.2) is 66.9 Å². The summed E-state index contributed by atoms with van der Waals surface area (Å²) in [7, 11) is 3.96. The largest absolute Gasteiger partial charge is 0.375 e. The first kappa shape index (κ1) is 15.4. The molecule has 0 radical (unpaired) electrons. The van der Waals surface area contributed by atoms with Crippen LogP contribution in [0, 0.1) is 0 Å². The number of rotatable bonds is 6. The van der Waals surface area contributed by atoms with E-state index >= 15 is 0 Å². The van der Waals surface area contributed by atoms with E-state index in [1.165, 1.54) is 6.20 Å². The van der Waals surface area contributed by atoms with Crippen molar-refractivity contribution in [2.45, 2.75) is 19.1 Å². The van der Waals surface area contributed by atoms with E-state index < -0.39 is 0 Å². The minimum atomic E-state index is -0.0792. The Bertz CT molecular complexity index is 455. The fourth-order valence-corrected chi connectivity index (χ4v) is 2.40. The molecule has 1 aromatic rings. The zero-order valence-electron chi connectivity index (χ0n) is 11.9. The highest BCUT2D eigenvalue weighted by molar-refractivity contribution is 6.33. The lowest BCUT2D eigenvalue weighted by molar-refractivity contribution is 0.0237. The van der Waals surface area contributed by atoms with Gasteiger partial charge in [0.1, 0.15) is 5.69 Å². The molecule has 1 N–H and O–H groups in total. The molecular weight excluding hydrogens is 280 g/mol. The molecule has 1 unspecified atom stereocenters. The van der Waals surface area contributed by atoms with Gasteiger partial charge in [-0.05, 0) is 14.1 Å². The molecule has 0 saturated carbocycles. The molecule has 6 nitrogen and oxygen atoms in total. The number of morpholine rings is 1. The van der Waals surface area contributed by atoms with E-state index in [4.69, 9.17) is 16.3 Å². The minimum absolute atomic E-state index is 0.0139. The Balaban J connectivity index is 2.02. The van der Waals surface area contributed by atoms with Crippen LogP contribution in [0.2, 0.25) is 5.02 Å². The van der Waals surface area contributed by atoms with Crippen molar-refractivity contribution >= 4 is 17.4 Å². The second-order valence-corrected chi connectivity index (χ2v) is 5.60. The summed E-state index contributed by atoms with van der Waals surface area (Å²) >= 11 is 6.10. The Morgan fingerprint density at radius 3 is 3.10 bits per heavy atom. The van der Waals surface area contributed by atoms with Crippen LogP contribution in [0.25, 0.3) is 0 Å². The molecule has 1 aromatic heterocycles. The summed E-state index contributed by atoms with van der Waals surface area (Å²) in [6.07, 6.45) is 1.79. The topological polar surface area (TPSA) is 59.4 Å². The lowest BCUT2D eigenvalue weighted by Crippen LogP contribution is -2.39. The molecule has 1 saturated heterocycles. The second kappa shape index (κ2) is 7.17. The number of ether oxygens (including phenoxy) is 1. The van der Waals surface area contributed by atoms with Gasteiger partial charge in [0.25, 0.3) is 0 Å². The van der Waals surface area contributed by atoms with Gasteiger partial charge < -0.3 is 15.0 Å². The summed E-state index contributed by atoms with van der Waals surface area (Å²) in [6, 6.07) is 0. The van der Waals surface area contributed by atoms with E-state index in [0.717, 1.165) is 13.1 Å². The molecule has 2 heterocycles. The molecule has 1 aliphatic heterocycles. The minimum Gasteiger partial charge on any atom is -0.375 e. The average molecular weight is 301 g/mol. The molecule has 0 amide bonds. The molecule has 20 heavy (non-hydrogen) atoms. The van der Waals surface area contributed by atoms with Gasteiger partial charge in [-0.1, -0.05) is 11.6 Å². The predicted octanol–water partition coefficient (Wildman–Crippen LogP) is 0.659. The van der Waals surface area contributed by atoms with Crippen molar-refractivity contribution in [1.29, 1.82) is 0 Å². The first-order valence-electron chi connectivity index (χ1n) is 6.79. The predicted molar refractivity (Wildman–Crippen MR) is 77.3 cm³/mol. The van der Waals surface area contributed by atoms with Crippen molar-refractivity contribution in [3.8, 4) is 0 Å². The molecule has 2 rings (SSSR count). The molecule has 112 valence electrons. The average Bonchev–Trinajstić information content (AvgIpc) is 2.78. The Morgan fingerprint density at radius 1 is 1.65 bits per heavy atom. The van der Waals surface area contributed by atoms with E-state index in [-0.39, 0.29) is 11.9 Å². The molecule has 1 fully saturated rings. The van der Waals surface area contributed by atoms with Gasteiger partial charge in [0, 0.05) is 26.1 Å². The number of carbonyl (C=O) groups is 1. The second-order valence-electron chi connectivity index (χ2n) is 5.19. The van der Waals surface area contributed by atoms with Crippen LogP contribution in [0.15, 0.2) is 6.20 Å². The zero-order valence-corrected chi connectivity index (χ0v) is 12.7. The van der Waals surface area contributed by atoms with Gasteiger partial charge in [-0.15, -0.1) is 0 Å². The van der Waals surface area contributed by atoms with Gasteiger partial charge >= 0.3 is 0 Å². The summed E-state index contributed by atoms with van der Waals surface area (Å²) in [5, 5.41) is 7.81. The Hall–Kier alpha value is -0.950. The van der Waals surface area contributed by atoms with Crippen molar-refractivity contribution < 1.29 is 9.53 Å². The van der Waals surface area contributed by atoms with E-state index in [0.29, 0.717) is 36.8 Å². The molecule has 0 aromatic carbocycles. The quantitative estimate of drug-likeness (QED) is 0.782. The van der Waals surface area contributed by atoms with Crippen LogP contribution >= 0.6 is 11.6 Å². The number of nitrogens with zero attached hydrogens (tertiary/aromatic N) is 3. The van der Waals surface area contributed by atoms with Crippen LogP contribution in [0.3, 0.4) is 0 Å². The van der Waals surface area contributed by atoms with Gasteiger partial charge in [0.2, 0.25) is 0 Å². The maximum Gasteiger partial charge on any atom is 0.185 e. The number of nitrogens with one attached hydrogen (secondary N) is 1. The fraction of sp³-hybridized carbons (Fsp3) is 0.692. The highest BCUT2D eigenvalue weighted by atomic mass is 35.5. The molecule has 7 heteroatoms. The Morgan fingerprint density at radius 2 is 2.45 bits per heavy atom. The molecule has 0 bridgehead atoms. The molecule has 0 aliphatic carbocycles. The van der Waals surface area contributed by atoms with Crippen molar-refractivity contribution in [3.63, 3.8) is 0 Å². The highest BCUT2D eigenvalue weighted by Crippen LogP contribution is 2.18. The van der Waals surface area contributed by atoms with Crippen LogP contribution in [0.4, 0.5) is 0 Å². The summed E-state index contributed by atoms with van der Waals surface area (Å²) in [5.74, 6) is -0.0139. The third-order valence-corrected chi connectivity index (χ3v) is 3.51. The maximum atomic E-state index is 12.4. The summed E-state index contributed by atoms with van der Waals surface area (Å²) in [6.45, 7) is 3.64. The van der Waals surface area contributed by atoms with Gasteiger partial charge in [-0.2, -0.15) is 5.10 Å². The number of halogens is 1. The van der Waals surface area contributed by atoms with Gasteiger partial charge in [-0.3, -0.25) is 9.48 Å². The van der Waals surface area contributed by atoms with Crippen molar-refractivity contribution in [2.75, 3.05) is 40.3 Å². The Kier molecular flexibility index (Phi) is 5.54. The number of hydrogen-bond acceptors (Lipinski definition) is 5. The van der Waals surface area contributed by atoms with Crippen molar-refractivity contribution in [1.82, 2.24) is 20.0 Å². The number of Topliss-reactive ketones (excluding diaryl/α,β-unsaturated/α-hetero) is 1. The summed E-state index contributed by atoms with van der Waals surface area (Å²) < 4.78 is 7.24. The van der Waals surface area contributed by atoms with E-state index in [1.54, 1.807) is 4.68 Å². The van der Waals surface area contributed by atoms with E-state index in [2.05, 4.69) is 10.4 Å². The lowest BCUT2D eigenvalue weighted by Gasteiger charge is -2.23. The highest BCUT2D eigenvalue weighted by Gasteiger charge is 2.23. The third kappa shape index (κ3) is 4.02. The number of carbonyl (C=O) groups excluding carboxylic acids is 1. The number of likely N-dealkylation sites (N-methyl/N-ethyl adjacent to an activating group) is 1. The fourth-order valence-electron chi connectivity index (χ4n) is 2.16. The van der Waals surface area contributed by atoms with E-state index in [9.17, 15) is 4.79 Å². The summed E-state index contributed by atoms with van der Waals surface area (Å²) in [4.78, 5) is 14.4. The maximum absolute atomic E-state index is 12.4. The number of hydrogen-bond donors (Lipinski definition) is 1. The monoisotopic (exact) mass is 300 g/mol. The number of ketones is 1. The van der Waals surface area contributed by atoms with E-state index in [1.807, 2.05) is 19.0 Å². The van der Waals surface area contributed by atoms with Crippen molar-refractivity contribution in [2.24, 2.45) is 0 Å². The normalized spacial score (nSPS) is 19.5. The Labute approximate surface area is 124 Å². The van der Waals surface area contributed by atoms with Crippen LogP contribution in [-0.2, 0) is 11.3 Å². The van der Waals surface area contributed by atoms with Crippen LogP contribution < -0.4 is 5.32 Å². The molecule has 1 aliphatic rings. The van der Waals surface area contributed by atoms with Crippen LogP contribution in [0.1, 0.15) is 16.9 Å². The lowest BCUT2D eigenvalue weighted by atomic mass is 10.1. The summed E-state index contributed by atoms with van der Waals surface area (Å²) in [5.41, 5.74) is 0.489. The smallest absolute Gasteiger partial charge is 0.185 e. The molecular formula is C13H21ClN4O2.